The largest absolute Gasteiger partial charge is 0.356 e. The molecule has 0 saturated heterocycles. The molecule has 0 bridgehead atoms. The van der Waals surface area contributed by atoms with Gasteiger partial charge in [0.15, 0.2) is 5.96 Å². The van der Waals surface area contributed by atoms with Gasteiger partial charge in [-0.1, -0.05) is 13.8 Å². The molecule has 0 amide bonds. The van der Waals surface area contributed by atoms with Gasteiger partial charge in [0.1, 0.15) is 0 Å². The molecule has 0 saturated carbocycles. The van der Waals surface area contributed by atoms with Crippen LogP contribution in [-0.2, 0) is 6.42 Å². The Morgan fingerprint density at radius 2 is 1.90 bits per heavy atom. The van der Waals surface area contributed by atoms with Crippen LogP contribution in [0.5, 0.6) is 0 Å². The van der Waals surface area contributed by atoms with Crippen molar-refractivity contribution < 1.29 is 0 Å². The average molecular weight is 410 g/mol. The Labute approximate surface area is 143 Å². The number of aryl methyl sites for hydroxylation is 2. The van der Waals surface area contributed by atoms with Crippen LogP contribution in [0.15, 0.2) is 4.99 Å². The minimum Gasteiger partial charge on any atom is -0.356 e. The molecule has 0 aliphatic heterocycles. The second-order valence-corrected chi connectivity index (χ2v) is 6.40. The fourth-order valence-corrected chi connectivity index (χ4v) is 2.57. The summed E-state index contributed by atoms with van der Waals surface area (Å²) in [5.74, 6) is 1.59. The Bertz CT molecular complexity index is 396. The Kier molecular flexibility index (Phi) is 10.2. The molecular formula is C14H27IN4S. The SMILES string of the molecule is CN=C(NCCc1nc(C)c(C)s1)NCCC(C)C.I. The number of nitrogens with one attached hydrogen (secondary N) is 2. The van der Waals surface area contributed by atoms with Crippen molar-refractivity contribution in [1.82, 2.24) is 15.6 Å². The highest BCUT2D eigenvalue weighted by atomic mass is 127. The lowest BCUT2D eigenvalue weighted by Gasteiger charge is -2.12. The number of nitrogens with zero attached hydrogens (tertiary/aromatic N) is 2. The zero-order chi connectivity index (χ0) is 14.3. The van der Waals surface area contributed by atoms with Crippen LogP contribution in [0.1, 0.15) is 35.8 Å². The van der Waals surface area contributed by atoms with Gasteiger partial charge in [-0.25, -0.2) is 4.98 Å². The van der Waals surface area contributed by atoms with E-state index in [0.717, 1.165) is 37.6 Å². The fraction of sp³-hybridized carbons (Fsp3) is 0.714. The van der Waals surface area contributed by atoms with Crippen LogP contribution in [0.2, 0.25) is 0 Å². The zero-order valence-electron chi connectivity index (χ0n) is 13.1. The summed E-state index contributed by atoms with van der Waals surface area (Å²) in [5, 5.41) is 7.85. The summed E-state index contributed by atoms with van der Waals surface area (Å²) in [5.41, 5.74) is 1.15. The van der Waals surface area contributed by atoms with Gasteiger partial charge in [0.25, 0.3) is 0 Å². The molecule has 0 spiro atoms. The predicted octanol–water partition coefficient (Wildman–Crippen LogP) is 3.13. The number of hydrogen-bond donors (Lipinski definition) is 2. The van der Waals surface area contributed by atoms with Crippen molar-refractivity contribution in [2.24, 2.45) is 10.9 Å². The van der Waals surface area contributed by atoms with Crippen LogP contribution >= 0.6 is 35.3 Å². The molecule has 0 unspecified atom stereocenters. The molecule has 6 heteroatoms. The van der Waals surface area contributed by atoms with Gasteiger partial charge in [0.05, 0.1) is 10.7 Å². The van der Waals surface area contributed by atoms with Crippen LogP contribution < -0.4 is 10.6 Å². The number of halogens is 1. The summed E-state index contributed by atoms with van der Waals surface area (Å²) in [6.45, 7) is 10.5. The van der Waals surface area contributed by atoms with Gasteiger partial charge >= 0.3 is 0 Å². The molecule has 0 atom stereocenters. The second-order valence-electron chi connectivity index (χ2n) is 5.11. The summed E-state index contributed by atoms with van der Waals surface area (Å²) in [6.07, 6.45) is 2.11. The van der Waals surface area contributed by atoms with Crippen molar-refractivity contribution >= 4 is 41.3 Å². The molecule has 0 aliphatic carbocycles. The minimum atomic E-state index is 0. The minimum absolute atomic E-state index is 0. The quantitative estimate of drug-likeness (QED) is 0.431. The normalized spacial score (nSPS) is 11.4. The van der Waals surface area contributed by atoms with E-state index in [-0.39, 0.29) is 24.0 Å². The Morgan fingerprint density at radius 1 is 1.25 bits per heavy atom. The van der Waals surface area contributed by atoms with Gasteiger partial charge in [-0.2, -0.15) is 0 Å². The van der Waals surface area contributed by atoms with E-state index >= 15 is 0 Å². The smallest absolute Gasteiger partial charge is 0.190 e. The highest BCUT2D eigenvalue weighted by molar-refractivity contribution is 14.0. The number of aromatic nitrogens is 1. The van der Waals surface area contributed by atoms with E-state index in [0.29, 0.717) is 5.92 Å². The third-order valence-corrected chi connectivity index (χ3v) is 4.07. The topological polar surface area (TPSA) is 49.3 Å². The molecule has 4 nitrogen and oxygen atoms in total. The second kappa shape index (κ2) is 10.4. The van der Waals surface area contributed by atoms with E-state index in [4.69, 9.17) is 0 Å². The van der Waals surface area contributed by atoms with Crippen LogP contribution in [-0.4, -0.2) is 31.1 Å². The van der Waals surface area contributed by atoms with Crippen LogP contribution in [0.3, 0.4) is 0 Å². The lowest BCUT2D eigenvalue weighted by Crippen LogP contribution is -2.39. The molecule has 1 aromatic rings. The van der Waals surface area contributed by atoms with Gasteiger partial charge in [0, 0.05) is 31.4 Å². The first-order chi connectivity index (χ1) is 9.02. The third kappa shape index (κ3) is 7.42. The first-order valence-electron chi connectivity index (χ1n) is 6.90. The summed E-state index contributed by atoms with van der Waals surface area (Å²) < 4.78 is 0. The molecule has 1 rings (SSSR count). The van der Waals surface area contributed by atoms with E-state index in [1.54, 1.807) is 11.3 Å². The average Bonchev–Trinajstić information content (AvgIpc) is 2.66. The molecule has 0 fully saturated rings. The molecule has 20 heavy (non-hydrogen) atoms. The summed E-state index contributed by atoms with van der Waals surface area (Å²) in [4.78, 5) is 10.1. The fourth-order valence-electron chi connectivity index (χ4n) is 1.63. The highest BCUT2D eigenvalue weighted by Gasteiger charge is 2.04. The van der Waals surface area contributed by atoms with Gasteiger partial charge < -0.3 is 10.6 Å². The summed E-state index contributed by atoms with van der Waals surface area (Å²) in [6, 6.07) is 0. The third-order valence-electron chi connectivity index (χ3n) is 2.94. The molecule has 0 aliphatic rings. The van der Waals surface area contributed by atoms with Crippen molar-refractivity contribution in [2.45, 2.75) is 40.5 Å². The predicted molar refractivity (Wildman–Crippen MR) is 99.5 cm³/mol. The first-order valence-corrected chi connectivity index (χ1v) is 7.72. The van der Waals surface area contributed by atoms with E-state index in [9.17, 15) is 0 Å². The maximum absolute atomic E-state index is 4.54. The number of thiazole rings is 1. The van der Waals surface area contributed by atoms with E-state index < -0.39 is 0 Å². The van der Waals surface area contributed by atoms with E-state index in [2.05, 4.69) is 48.3 Å². The Balaban J connectivity index is 0.00000361. The van der Waals surface area contributed by atoms with Gasteiger partial charge in [-0.3, -0.25) is 4.99 Å². The summed E-state index contributed by atoms with van der Waals surface area (Å²) in [7, 11) is 1.81. The van der Waals surface area contributed by atoms with Crippen molar-refractivity contribution in [3.63, 3.8) is 0 Å². The van der Waals surface area contributed by atoms with Crippen LogP contribution in [0.25, 0.3) is 0 Å². The zero-order valence-corrected chi connectivity index (χ0v) is 16.3. The monoisotopic (exact) mass is 410 g/mol. The highest BCUT2D eigenvalue weighted by Crippen LogP contribution is 2.16. The van der Waals surface area contributed by atoms with Crippen molar-refractivity contribution in [2.75, 3.05) is 20.1 Å². The lowest BCUT2D eigenvalue weighted by molar-refractivity contribution is 0.573. The van der Waals surface area contributed by atoms with Gasteiger partial charge in [0.2, 0.25) is 0 Å². The first kappa shape index (κ1) is 19.6. The maximum atomic E-state index is 4.54. The molecule has 0 radical (unpaired) electrons. The molecule has 2 N–H and O–H groups in total. The van der Waals surface area contributed by atoms with E-state index in [1.165, 1.54) is 9.88 Å². The Morgan fingerprint density at radius 3 is 2.40 bits per heavy atom. The number of guanidine groups is 1. The Hall–Kier alpha value is -0.370. The van der Waals surface area contributed by atoms with Gasteiger partial charge in [-0.05, 0) is 26.2 Å². The molecule has 1 heterocycles. The summed E-state index contributed by atoms with van der Waals surface area (Å²) >= 11 is 1.78. The van der Waals surface area contributed by atoms with Crippen LogP contribution in [0, 0.1) is 19.8 Å². The van der Waals surface area contributed by atoms with Crippen molar-refractivity contribution in [1.29, 1.82) is 0 Å². The molecule has 1 aromatic heterocycles. The van der Waals surface area contributed by atoms with Crippen molar-refractivity contribution in [3.05, 3.63) is 15.6 Å². The molecule has 116 valence electrons. The number of aliphatic imine (C=N–C) groups is 1. The van der Waals surface area contributed by atoms with Crippen LogP contribution in [0.4, 0.5) is 0 Å². The lowest BCUT2D eigenvalue weighted by atomic mass is 10.1. The van der Waals surface area contributed by atoms with E-state index in [1.807, 2.05) is 7.05 Å². The maximum Gasteiger partial charge on any atom is 0.190 e. The standard InChI is InChI=1S/C14H26N4S.HI/c1-10(2)6-8-16-14(15-5)17-9-7-13-18-11(3)12(4)19-13;/h10H,6-9H2,1-5H3,(H2,15,16,17);1H. The molecular weight excluding hydrogens is 383 g/mol. The van der Waals surface area contributed by atoms with Gasteiger partial charge in [-0.15, -0.1) is 35.3 Å². The number of rotatable bonds is 6. The number of hydrogen-bond acceptors (Lipinski definition) is 3. The molecule has 0 aromatic carbocycles. The van der Waals surface area contributed by atoms with Crippen molar-refractivity contribution in [3.8, 4) is 0 Å².